The molecule has 0 fully saturated rings. The number of carbonyl (C=O) groups is 2. The number of halogens is 2. The van der Waals surface area contributed by atoms with Crippen LogP contribution in [0.2, 0.25) is 0 Å². The molecule has 3 rings (SSSR count). The van der Waals surface area contributed by atoms with Gasteiger partial charge in [0, 0.05) is 12.1 Å². The van der Waals surface area contributed by atoms with Crippen LogP contribution in [0.1, 0.15) is 23.7 Å². The number of ketones is 1. The molecule has 0 amide bonds. The van der Waals surface area contributed by atoms with Gasteiger partial charge in [-0.05, 0) is 37.3 Å². The first-order valence-electron chi connectivity index (χ1n) is 9.04. The number of Topliss-reactive ketones (excluding diaryl/α,β-unsaturated/α-hetero) is 1. The van der Waals surface area contributed by atoms with E-state index in [2.05, 4.69) is 9.72 Å². The Balaban J connectivity index is 1.96. The topological polar surface area (TPSA) is 78.3 Å². The quantitative estimate of drug-likeness (QED) is 0.246. The van der Waals surface area contributed by atoms with Crippen molar-refractivity contribution in [1.29, 1.82) is 0 Å². The first-order valence-corrected chi connectivity index (χ1v) is 9.92. The predicted molar refractivity (Wildman–Crippen MR) is 109 cm³/mol. The van der Waals surface area contributed by atoms with Crippen molar-refractivity contribution in [2.24, 2.45) is 0 Å². The van der Waals surface area contributed by atoms with Crippen LogP contribution in [0.15, 0.2) is 52.4 Å². The molecule has 0 spiro atoms. The SMILES string of the molecule is COC(=O)CCn1c(S[C@@H](C)C(=O)c2ccc(F)c(F)c2)nc2ccccc2c1=O. The van der Waals surface area contributed by atoms with Crippen molar-refractivity contribution < 1.29 is 23.1 Å². The van der Waals surface area contributed by atoms with Crippen molar-refractivity contribution in [2.45, 2.75) is 30.3 Å². The molecule has 0 aliphatic heterocycles. The number of ether oxygens (including phenoxy) is 1. The molecule has 156 valence electrons. The zero-order chi connectivity index (χ0) is 21.8. The molecule has 0 radical (unpaired) electrons. The molecule has 1 aromatic heterocycles. The largest absolute Gasteiger partial charge is 0.469 e. The van der Waals surface area contributed by atoms with Crippen molar-refractivity contribution in [1.82, 2.24) is 9.55 Å². The third-order valence-corrected chi connectivity index (χ3v) is 5.54. The second kappa shape index (κ2) is 9.17. The van der Waals surface area contributed by atoms with Gasteiger partial charge < -0.3 is 4.74 Å². The van der Waals surface area contributed by atoms with E-state index >= 15 is 0 Å². The van der Waals surface area contributed by atoms with Crippen LogP contribution in [-0.4, -0.2) is 33.7 Å². The predicted octanol–water partition coefficient (Wildman–Crippen LogP) is 3.60. The van der Waals surface area contributed by atoms with E-state index in [9.17, 15) is 23.2 Å². The fraction of sp³-hybridized carbons (Fsp3) is 0.238. The second-order valence-corrected chi connectivity index (χ2v) is 7.76. The number of carbonyl (C=O) groups excluding carboxylic acids is 2. The average molecular weight is 432 g/mol. The minimum atomic E-state index is -1.11. The van der Waals surface area contributed by atoms with E-state index in [0.717, 1.165) is 23.9 Å². The number of methoxy groups -OCH3 is 1. The summed E-state index contributed by atoms with van der Waals surface area (Å²) in [5.41, 5.74) is 0.115. The lowest BCUT2D eigenvalue weighted by Gasteiger charge is -2.16. The Bertz CT molecular complexity index is 1180. The Morgan fingerprint density at radius 3 is 2.60 bits per heavy atom. The maximum absolute atomic E-state index is 13.5. The number of para-hydroxylation sites is 1. The van der Waals surface area contributed by atoms with Gasteiger partial charge >= 0.3 is 5.97 Å². The summed E-state index contributed by atoms with van der Waals surface area (Å²) >= 11 is 1.01. The minimum absolute atomic E-state index is 0.0122. The molecule has 0 unspecified atom stereocenters. The monoisotopic (exact) mass is 432 g/mol. The molecule has 0 saturated heterocycles. The first-order chi connectivity index (χ1) is 14.3. The van der Waals surface area contributed by atoms with Gasteiger partial charge in [-0.2, -0.15) is 0 Å². The molecule has 1 heterocycles. The maximum atomic E-state index is 13.5. The number of benzene rings is 2. The Labute approximate surface area is 174 Å². The lowest BCUT2D eigenvalue weighted by atomic mass is 10.1. The fourth-order valence-electron chi connectivity index (χ4n) is 2.84. The third kappa shape index (κ3) is 4.56. The number of hydrogen-bond donors (Lipinski definition) is 0. The van der Waals surface area contributed by atoms with E-state index < -0.39 is 28.6 Å². The van der Waals surface area contributed by atoms with Crippen LogP contribution >= 0.6 is 11.8 Å². The first kappa shape index (κ1) is 21.6. The molecule has 0 aliphatic rings. The molecule has 1 atom stereocenters. The van der Waals surface area contributed by atoms with Gasteiger partial charge in [0.1, 0.15) is 0 Å². The average Bonchev–Trinajstić information content (AvgIpc) is 2.74. The Hall–Kier alpha value is -3.07. The second-order valence-electron chi connectivity index (χ2n) is 6.45. The van der Waals surface area contributed by atoms with Crippen molar-refractivity contribution >= 4 is 34.4 Å². The molecule has 0 aliphatic carbocycles. The van der Waals surface area contributed by atoms with Crippen LogP contribution in [0.25, 0.3) is 10.9 Å². The van der Waals surface area contributed by atoms with E-state index in [1.165, 1.54) is 17.7 Å². The van der Waals surface area contributed by atoms with Crippen LogP contribution in [0.3, 0.4) is 0 Å². The van der Waals surface area contributed by atoms with Crippen molar-refractivity contribution in [3.05, 3.63) is 70.0 Å². The standard InChI is InChI=1S/C21H18F2N2O4S/c1-12(19(27)13-7-8-15(22)16(23)11-13)30-21-24-17-6-4-3-5-14(17)20(28)25(21)10-9-18(26)29-2/h3-8,11-12H,9-10H2,1-2H3/t12-/m0/s1. The number of esters is 1. The molecule has 30 heavy (non-hydrogen) atoms. The summed E-state index contributed by atoms with van der Waals surface area (Å²) < 4.78 is 32.6. The molecular formula is C21H18F2N2O4S. The molecule has 6 nitrogen and oxygen atoms in total. The van der Waals surface area contributed by atoms with Gasteiger partial charge in [-0.1, -0.05) is 23.9 Å². The van der Waals surface area contributed by atoms with E-state index in [4.69, 9.17) is 0 Å². The number of hydrogen-bond acceptors (Lipinski definition) is 6. The van der Waals surface area contributed by atoms with E-state index in [0.29, 0.717) is 10.9 Å². The minimum Gasteiger partial charge on any atom is -0.469 e. The highest BCUT2D eigenvalue weighted by Gasteiger charge is 2.22. The number of aromatic nitrogens is 2. The summed E-state index contributed by atoms with van der Waals surface area (Å²) in [6.07, 6.45) is -0.0461. The molecule has 0 bridgehead atoms. The van der Waals surface area contributed by atoms with Crippen LogP contribution in [0.5, 0.6) is 0 Å². The summed E-state index contributed by atoms with van der Waals surface area (Å²) in [5.74, 6) is -3.09. The zero-order valence-corrected chi connectivity index (χ0v) is 17.0. The highest BCUT2D eigenvalue weighted by molar-refractivity contribution is 8.00. The molecule has 0 N–H and O–H groups in total. The number of rotatable bonds is 7. The van der Waals surface area contributed by atoms with Crippen LogP contribution in [-0.2, 0) is 16.1 Å². The third-order valence-electron chi connectivity index (χ3n) is 4.45. The number of fused-ring (bicyclic) bond motifs is 1. The molecular weight excluding hydrogens is 414 g/mol. The lowest BCUT2D eigenvalue weighted by Crippen LogP contribution is -2.26. The Morgan fingerprint density at radius 1 is 1.17 bits per heavy atom. The van der Waals surface area contributed by atoms with E-state index in [-0.39, 0.29) is 29.2 Å². The molecule has 9 heteroatoms. The smallest absolute Gasteiger partial charge is 0.307 e. The zero-order valence-electron chi connectivity index (χ0n) is 16.2. The van der Waals surface area contributed by atoms with Crippen LogP contribution in [0, 0.1) is 11.6 Å². The number of nitrogens with zero attached hydrogens (tertiary/aromatic N) is 2. The van der Waals surface area contributed by atoms with E-state index in [1.54, 1.807) is 31.2 Å². The van der Waals surface area contributed by atoms with Crippen molar-refractivity contribution in [2.75, 3.05) is 7.11 Å². The van der Waals surface area contributed by atoms with Crippen molar-refractivity contribution in [3.8, 4) is 0 Å². The number of thioether (sulfide) groups is 1. The van der Waals surface area contributed by atoms with Gasteiger partial charge in [0.05, 0.1) is 29.7 Å². The van der Waals surface area contributed by atoms with Crippen LogP contribution in [0.4, 0.5) is 8.78 Å². The molecule has 0 saturated carbocycles. The summed E-state index contributed by atoms with van der Waals surface area (Å²) in [5, 5.41) is -0.121. The Morgan fingerprint density at radius 2 is 1.90 bits per heavy atom. The van der Waals surface area contributed by atoms with Crippen LogP contribution < -0.4 is 5.56 Å². The lowest BCUT2D eigenvalue weighted by molar-refractivity contribution is -0.140. The highest BCUT2D eigenvalue weighted by Crippen LogP contribution is 2.26. The molecule has 3 aromatic rings. The summed E-state index contributed by atoms with van der Waals surface area (Å²) in [4.78, 5) is 41.7. The fourth-order valence-corrected chi connectivity index (χ4v) is 3.85. The maximum Gasteiger partial charge on any atom is 0.307 e. The normalized spacial score (nSPS) is 12.0. The Kier molecular flexibility index (Phi) is 6.61. The molecule has 2 aromatic carbocycles. The van der Waals surface area contributed by atoms with Gasteiger partial charge in [-0.15, -0.1) is 0 Å². The summed E-state index contributed by atoms with van der Waals surface area (Å²) in [6.45, 7) is 1.61. The van der Waals surface area contributed by atoms with Gasteiger partial charge in [-0.3, -0.25) is 19.0 Å². The van der Waals surface area contributed by atoms with Gasteiger partial charge in [0.15, 0.2) is 22.6 Å². The highest BCUT2D eigenvalue weighted by atomic mass is 32.2. The summed E-state index contributed by atoms with van der Waals surface area (Å²) in [7, 11) is 1.25. The van der Waals surface area contributed by atoms with Gasteiger partial charge in [-0.25, -0.2) is 13.8 Å². The van der Waals surface area contributed by atoms with Gasteiger partial charge in [0.2, 0.25) is 0 Å². The van der Waals surface area contributed by atoms with Gasteiger partial charge in [0.25, 0.3) is 5.56 Å². The van der Waals surface area contributed by atoms with E-state index in [1.807, 2.05) is 0 Å². The summed E-state index contributed by atoms with van der Waals surface area (Å²) in [6, 6.07) is 9.68. The van der Waals surface area contributed by atoms with Crippen molar-refractivity contribution in [3.63, 3.8) is 0 Å².